The van der Waals surface area contributed by atoms with Crippen LogP contribution in [0.4, 0.5) is 4.79 Å². The van der Waals surface area contributed by atoms with Crippen molar-refractivity contribution in [2.24, 2.45) is 0 Å². The SMILES string of the molecule is COc1cccc2c1C(=O)c1c(O)c3c(c(O)c1C2=O)C[C@@](O)(C(=O)COC(=O)CCC(C)=O)C[C@@H]3OC1CC(NC(=O)OCC2c3ccccc3-c3ccccc32)C(O)C(C)O1. The van der Waals surface area contributed by atoms with Crippen molar-refractivity contribution < 1.29 is 72.9 Å². The Kier molecular flexibility index (Phi) is 11.7. The van der Waals surface area contributed by atoms with E-state index in [-0.39, 0.29) is 65.6 Å². The zero-order valence-electron chi connectivity index (χ0n) is 34.5. The number of aromatic hydroxyl groups is 2. The number of phenols is 2. The Morgan fingerprint density at radius 3 is 2.16 bits per heavy atom. The molecule has 5 N–H and O–H groups in total. The molecule has 8 rings (SSSR count). The molecule has 0 spiro atoms. The number of methoxy groups -OCH3 is 1. The van der Waals surface area contributed by atoms with Crippen LogP contribution in [0, 0.1) is 0 Å². The Balaban J connectivity index is 1.07. The maximum atomic E-state index is 14.1. The van der Waals surface area contributed by atoms with E-state index < -0.39 is 108 Å². The van der Waals surface area contributed by atoms with Crippen LogP contribution in [-0.4, -0.2) is 106 Å². The number of fused-ring (bicyclic) bond motifs is 6. The predicted molar refractivity (Wildman–Crippen MR) is 220 cm³/mol. The molecular formula is C47H45NO15. The summed E-state index contributed by atoms with van der Waals surface area (Å²) >= 11 is 0. The second-order valence-electron chi connectivity index (χ2n) is 16.3. The van der Waals surface area contributed by atoms with E-state index in [0.29, 0.717) is 0 Å². The van der Waals surface area contributed by atoms with Crippen LogP contribution < -0.4 is 10.1 Å². The van der Waals surface area contributed by atoms with Gasteiger partial charge in [-0.15, -0.1) is 0 Å². The molecule has 3 aliphatic carbocycles. The van der Waals surface area contributed by atoms with Crippen LogP contribution in [0.1, 0.15) is 106 Å². The van der Waals surface area contributed by atoms with Crippen molar-refractivity contribution in [3.63, 3.8) is 0 Å². The maximum absolute atomic E-state index is 14.1. The highest BCUT2D eigenvalue weighted by Crippen LogP contribution is 2.53. The average Bonchev–Trinajstić information content (AvgIpc) is 3.58. The topological polar surface area (TPSA) is 242 Å². The molecule has 63 heavy (non-hydrogen) atoms. The Bertz CT molecular complexity index is 2520. The van der Waals surface area contributed by atoms with Crippen molar-refractivity contribution in [3.8, 4) is 28.4 Å². The number of esters is 1. The normalized spacial score (nSPS) is 23.3. The molecule has 328 valence electrons. The van der Waals surface area contributed by atoms with E-state index in [9.17, 15) is 49.2 Å². The highest BCUT2D eigenvalue weighted by Gasteiger charge is 2.51. The number of benzene rings is 4. The lowest BCUT2D eigenvalue weighted by Gasteiger charge is -2.42. The van der Waals surface area contributed by atoms with Crippen LogP contribution in [0.2, 0.25) is 0 Å². The summed E-state index contributed by atoms with van der Waals surface area (Å²) in [6.45, 7) is 1.87. The van der Waals surface area contributed by atoms with E-state index in [2.05, 4.69) is 5.32 Å². The molecule has 6 atom stereocenters. The molecular weight excluding hydrogens is 819 g/mol. The standard InChI is InChI=1S/C47H45NO15/c1-22(49)15-16-35(51)60-21-34(50)47(58)18-29-38(45(56)40-39(43(29)54)42(53)28-13-8-14-32(59-3)37(28)44(40)55)33(19-47)63-36-17-31(41(52)23(2)62-36)48-46(57)61-20-30-26-11-6-4-9-24(26)25-10-5-7-12-27(25)30/h4-14,23,30-31,33,36,41,52,54,56,58H,15-21H2,1-3H3,(H,48,57)/t23?,31?,33-,36?,41?,47-/m0/s1. The van der Waals surface area contributed by atoms with Crippen molar-refractivity contribution in [1.29, 1.82) is 0 Å². The lowest BCUT2D eigenvalue weighted by molar-refractivity contribution is -0.249. The average molecular weight is 864 g/mol. The van der Waals surface area contributed by atoms with Crippen molar-refractivity contribution >= 4 is 35.2 Å². The third-order valence-corrected chi connectivity index (χ3v) is 12.3. The number of rotatable bonds is 12. The molecule has 4 aromatic rings. The number of ether oxygens (including phenoxy) is 5. The number of ketones is 4. The first-order valence-corrected chi connectivity index (χ1v) is 20.5. The molecule has 1 saturated heterocycles. The number of carbonyl (C=O) groups is 6. The number of amides is 1. The van der Waals surface area contributed by atoms with Crippen LogP contribution in [0.25, 0.3) is 11.1 Å². The van der Waals surface area contributed by atoms with E-state index in [4.69, 9.17) is 23.7 Å². The number of aliphatic hydroxyl groups excluding tert-OH is 1. The third kappa shape index (κ3) is 7.84. The van der Waals surface area contributed by atoms with Gasteiger partial charge in [0.1, 0.15) is 41.3 Å². The summed E-state index contributed by atoms with van der Waals surface area (Å²) in [4.78, 5) is 79.0. The van der Waals surface area contributed by atoms with Crippen LogP contribution in [-0.2, 0) is 39.8 Å². The van der Waals surface area contributed by atoms with Gasteiger partial charge in [0.05, 0.1) is 48.5 Å². The quantitative estimate of drug-likeness (QED) is 0.0857. The number of nitrogens with one attached hydrogen (secondary N) is 1. The molecule has 1 heterocycles. The number of aliphatic hydroxyl groups is 2. The van der Waals surface area contributed by atoms with E-state index >= 15 is 0 Å². The van der Waals surface area contributed by atoms with E-state index in [1.165, 1.54) is 39.2 Å². The molecule has 1 aliphatic heterocycles. The fourth-order valence-electron chi connectivity index (χ4n) is 9.13. The maximum Gasteiger partial charge on any atom is 0.407 e. The fraction of sp³-hybridized carbons (Fsp3) is 0.362. The largest absolute Gasteiger partial charge is 0.507 e. The first-order chi connectivity index (χ1) is 30.1. The monoisotopic (exact) mass is 863 g/mol. The minimum atomic E-state index is -2.46. The van der Waals surface area contributed by atoms with E-state index in [1.807, 2.05) is 48.5 Å². The summed E-state index contributed by atoms with van der Waals surface area (Å²) in [5.74, 6) is -5.64. The molecule has 0 aromatic heterocycles. The summed E-state index contributed by atoms with van der Waals surface area (Å²) in [6.07, 6.45) is -7.97. The molecule has 16 heteroatoms. The Labute approximate surface area is 360 Å². The van der Waals surface area contributed by atoms with Gasteiger partial charge in [-0.25, -0.2) is 4.79 Å². The van der Waals surface area contributed by atoms with E-state index in [0.717, 1.165) is 22.3 Å². The zero-order valence-corrected chi connectivity index (χ0v) is 34.5. The van der Waals surface area contributed by atoms with Crippen molar-refractivity contribution in [2.75, 3.05) is 20.3 Å². The van der Waals surface area contributed by atoms with Gasteiger partial charge in [-0.05, 0) is 42.2 Å². The number of hydrogen-bond donors (Lipinski definition) is 5. The molecule has 4 unspecified atom stereocenters. The number of carbonyl (C=O) groups excluding carboxylic acids is 6. The zero-order chi connectivity index (χ0) is 44.9. The highest BCUT2D eigenvalue weighted by molar-refractivity contribution is 6.31. The first kappa shape index (κ1) is 43.2. The molecule has 0 radical (unpaired) electrons. The van der Waals surface area contributed by atoms with Gasteiger partial charge in [-0.3, -0.25) is 19.2 Å². The number of alkyl carbamates (subject to hydrolysis) is 1. The highest BCUT2D eigenvalue weighted by atomic mass is 16.7. The van der Waals surface area contributed by atoms with Crippen LogP contribution in [0.5, 0.6) is 17.2 Å². The Hall–Kier alpha value is -6.46. The Morgan fingerprint density at radius 1 is 0.841 bits per heavy atom. The van der Waals surface area contributed by atoms with Gasteiger partial charge in [0.15, 0.2) is 18.7 Å². The van der Waals surface area contributed by atoms with Gasteiger partial charge in [-0.1, -0.05) is 60.7 Å². The van der Waals surface area contributed by atoms with Crippen molar-refractivity contribution in [3.05, 3.63) is 111 Å². The van der Waals surface area contributed by atoms with Crippen LogP contribution in [0.15, 0.2) is 66.7 Å². The van der Waals surface area contributed by atoms with Gasteiger partial charge in [0, 0.05) is 48.3 Å². The molecule has 0 saturated carbocycles. The van der Waals surface area contributed by atoms with Gasteiger partial charge in [0.25, 0.3) is 0 Å². The number of Topliss-reactive ketones (excluding diaryl/α,β-unsaturated/α-hetero) is 2. The molecule has 1 amide bonds. The summed E-state index contributed by atoms with van der Waals surface area (Å²) < 4.78 is 28.5. The van der Waals surface area contributed by atoms with Crippen LogP contribution >= 0.6 is 0 Å². The second kappa shape index (κ2) is 17.0. The Morgan fingerprint density at radius 2 is 1.49 bits per heavy atom. The van der Waals surface area contributed by atoms with Crippen molar-refractivity contribution in [2.45, 2.75) is 88.1 Å². The first-order valence-electron chi connectivity index (χ1n) is 20.5. The van der Waals surface area contributed by atoms with Gasteiger partial charge in [-0.2, -0.15) is 0 Å². The summed E-state index contributed by atoms with van der Waals surface area (Å²) in [5.41, 5.74) is -0.300. The summed E-state index contributed by atoms with van der Waals surface area (Å²) in [7, 11) is 1.30. The lowest BCUT2D eigenvalue weighted by Crippen LogP contribution is -2.56. The lowest BCUT2D eigenvalue weighted by atomic mass is 9.72. The molecule has 4 aliphatic rings. The molecule has 16 nitrogen and oxygen atoms in total. The molecule has 4 aromatic carbocycles. The van der Waals surface area contributed by atoms with E-state index in [1.54, 1.807) is 0 Å². The summed E-state index contributed by atoms with van der Waals surface area (Å²) in [6, 6.07) is 18.9. The number of phenolic OH excluding ortho intramolecular Hbond substituents is 2. The predicted octanol–water partition coefficient (Wildman–Crippen LogP) is 4.50. The molecule has 1 fully saturated rings. The number of hydrogen-bond acceptors (Lipinski definition) is 15. The van der Waals surface area contributed by atoms with Crippen molar-refractivity contribution in [1.82, 2.24) is 5.32 Å². The fourth-order valence-corrected chi connectivity index (χ4v) is 9.13. The van der Waals surface area contributed by atoms with Crippen LogP contribution in [0.3, 0.4) is 0 Å². The smallest absolute Gasteiger partial charge is 0.407 e. The third-order valence-electron chi connectivity index (χ3n) is 12.3. The van der Waals surface area contributed by atoms with Gasteiger partial charge >= 0.3 is 12.1 Å². The van der Waals surface area contributed by atoms with Gasteiger partial charge in [0.2, 0.25) is 11.6 Å². The summed E-state index contributed by atoms with van der Waals surface area (Å²) in [5, 5.41) is 49.7. The molecule has 0 bridgehead atoms. The minimum Gasteiger partial charge on any atom is -0.507 e. The van der Waals surface area contributed by atoms with Gasteiger partial charge < -0.3 is 54.2 Å². The minimum absolute atomic E-state index is 0.00315. The second-order valence-corrected chi connectivity index (χ2v) is 16.3.